The molecule has 0 aliphatic carbocycles. The zero-order valence-corrected chi connectivity index (χ0v) is 16.3. The molecule has 28 heavy (non-hydrogen) atoms. The molecule has 150 valence electrons. The van der Waals surface area contributed by atoms with Gasteiger partial charge in [-0.25, -0.2) is 0 Å². The number of rotatable bonds is 9. The minimum Gasteiger partial charge on any atom is -0.388 e. The summed E-state index contributed by atoms with van der Waals surface area (Å²) in [5.74, 6) is 0. The number of ether oxygens (including phenoxy) is 3. The van der Waals surface area contributed by atoms with Crippen LogP contribution >= 0.6 is 0 Å². The Bertz CT molecular complexity index is 686. The third-order valence-corrected chi connectivity index (χ3v) is 4.80. The summed E-state index contributed by atoms with van der Waals surface area (Å²) in [5, 5.41) is 10.6. The quantitative estimate of drug-likeness (QED) is 0.658. The van der Waals surface area contributed by atoms with Gasteiger partial charge in [0.1, 0.15) is 6.10 Å². The van der Waals surface area contributed by atoms with E-state index in [-0.39, 0.29) is 18.8 Å². The number of benzene rings is 2. The molecular weight excluding hydrogens is 352 g/mol. The Labute approximate surface area is 167 Å². The Hall–Kier alpha value is -1.98. The van der Waals surface area contributed by atoms with E-state index in [0.717, 1.165) is 24.0 Å². The van der Waals surface area contributed by atoms with Gasteiger partial charge in [0, 0.05) is 0 Å². The molecule has 4 heteroatoms. The molecule has 0 saturated heterocycles. The maximum Gasteiger partial charge on any atom is 0.104 e. The van der Waals surface area contributed by atoms with Gasteiger partial charge in [-0.3, -0.25) is 0 Å². The Morgan fingerprint density at radius 3 is 2.21 bits per heavy atom. The normalized spacial score (nSPS) is 22.2. The minimum atomic E-state index is -0.664. The van der Waals surface area contributed by atoms with Gasteiger partial charge in [0.05, 0.1) is 38.6 Å². The van der Waals surface area contributed by atoms with Crippen LogP contribution in [0, 0.1) is 0 Å². The molecule has 3 rings (SSSR count). The molecule has 2 aromatic rings. The van der Waals surface area contributed by atoms with Gasteiger partial charge in [-0.15, -0.1) is 0 Å². The molecule has 0 unspecified atom stereocenters. The van der Waals surface area contributed by atoms with E-state index in [9.17, 15) is 5.11 Å². The van der Waals surface area contributed by atoms with Gasteiger partial charge in [0.25, 0.3) is 0 Å². The topological polar surface area (TPSA) is 47.9 Å². The predicted octanol–water partition coefficient (Wildman–Crippen LogP) is 4.27. The SMILES string of the molecule is O[C@@H](COCc1ccccc1)[C@@H]1C/C=C\CC[C@H](COCc2ccccc2)O1. The summed E-state index contributed by atoms with van der Waals surface area (Å²) in [4.78, 5) is 0. The maximum absolute atomic E-state index is 10.6. The molecule has 0 amide bonds. The standard InChI is InChI=1S/C24H30O4/c25-23(19-27-17-21-12-6-2-7-13-21)24-15-9-3-8-14-22(28-24)18-26-16-20-10-4-1-5-11-20/h1-7,9-13,22-25H,8,14-19H2/b9-3-/t22-,23+,24+/m1/s1. The molecule has 0 aromatic heterocycles. The summed E-state index contributed by atoms with van der Waals surface area (Å²) in [6.07, 6.45) is 5.82. The second-order valence-electron chi connectivity index (χ2n) is 7.15. The summed E-state index contributed by atoms with van der Waals surface area (Å²) in [6.45, 7) is 1.84. The number of hydrogen-bond donors (Lipinski definition) is 1. The molecule has 3 atom stereocenters. The molecule has 0 radical (unpaired) electrons. The van der Waals surface area contributed by atoms with Crippen molar-refractivity contribution in [3.05, 3.63) is 83.9 Å². The molecule has 4 nitrogen and oxygen atoms in total. The highest BCUT2D eigenvalue weighted by molar-refractivity contribution is 5.14. The molecule has 1 aliphatic rings. The largest absolute Gasteiger partial charge is 0.388 e. The highest BCUT2D eigenvalue weighted by atomic mass is 16.5. The van der Waals surface area contributed by atoms with Gasteiger partial charge in [0.2, 0.25) is 0 Å². The van der Waals surface area contributed by atoms with Gasteiger partial charge in [-0.2, -0.15) is 0 Å². The Morgan fingerprint density at radius 2 is 1.54 bits per heavy atom. The van der Waals surface area contributed by atoms with Crippen LogP contribution in [-0.4, -0.2) is 36.6 Å². The molecule has 0 saturated carbocycles. The first-order valence-corrected chi connectivity index (χ1v) is 10.0. The molecule has 1 heterocycles. The summed E-state index contributed by atoms with van der Waals surface area (Å²) in [5.41, 5.74) is 2.25. The van der Waals surface area contributed by atoms with E-state index in [1.807, 2.05) is 48.5 Å². The lowest BCUT2D eigenvalue weighted by Gasteiger charge is -2.29. The minimum absolute atomic E-state index is 0.0255. The molecule has 2 aromatic carbocycles. The first kappa shape index (κ1) is 20.7. The molecule has 0 bridgehead atoms. The lowest BCUT2D eigenvalue weighted by atomic mass is 10.1. The maximum atomic E-state index is 10.6. The van der Waals surface area contributed by atoms with Gasteiger partial charge in [-0.1, -0.05) is 72.8 Å². The molecule has 1 aliphatic heterocycles. The Kier molecular flexibility index (Phi) is 8.72. The van der Waals surface area contributed by atoms with Crippen LogP contribution in [0.3, 0.4) is 0 Å². The average Bonchev–Trinajstić information content (AvgIpc) is 2.71. The van der Waals surface area contributed by atoms with Crippen LogP contribution in [0.1, 0.15) is 30.4 Å². The van der Waals surface area contributed by atoms with Crippen molar-refractivity contribution >= 4 is 0 Å². The van der Waals surface area contributed by atoms with Gasteiger partial charge >= 0.3 is 0 Å². The van der Waals surface area contributed by atoms with Crippen LogP contribution in [0.15, 0.2) is 72.8 Å². The van der Waals surface area contributed by atoms with Crippen molar-refractivity contribution < 1.29 is 19.3 Å². The van der Waals surface area contributed by atoms with Crippen molar-refractivity contribution in [2.24, 2.45) is 0 Å². The lowest BCUT2D eigenvalue weighted by molar-refractivity contribution is -0.122. The summed E-state index contributed by atoms with van der Waals surface area (Å²) < 4.78 is 17.7. The second-order valence-corrected chi connectivity index (χ2v) is 7.15. The van der Waals surface area contributed by atoms with E-state index < -0.39 is 6.10 Å². The Balaban J connectivity index is 1.44. The highest BCUT2D eigenvalue weighted by Gasteiger charge is 2.24. The third kappa shape index (κ3) is 7.21. The molecule has 0 spiro atoms. The fraction of sp³-hybridized carbons (Fsp3) is 0.417. The van der Waals surface area contributed by atoms with Gasteiger partial charge in [0.15, 0.2) is 0 Å². The first-order chi connectivity index (χ1) is 13.8. The van der Waals surface area contributed by atoms with Crippen molar-refractivity contribution in [2.45, 2.75) is 50.8 Å². The Morgan fingerprint density at radius 1 is 0.893 bits per heavy atom. The van der Waals surface area contributed by atoms with Gasteiger partial charge < -0.3 is 19.3 Å². The number of hydrogen-bond acceptors (Lipinski definition) is 4. The van der Waals surface area contributed by atoms with Crippen molar-refractivity contribution in [2.75, 3.05) is 13.2 Å². The summed E-state index contributed by atoms with van der Waals surface area (Å²) in [7, 11) is 0. The zero-order valence-electron chi connectivity index (χ0n) is 16.3. The smallest absolute Gasteiger partial charge is 0.104 e. The monoisotopic (exact) mass is 382 g/mol. The highest BCUT2D eigenvalue weighted by Crippen LogP contribution is 2.18. The van der Waals surface area contributed by atoms with Crippen LogP contribution in [0.2, 0.25) is 0 Å². The number of aliphatic hydroxyl groups is 1. The van der Waals surface area contributed by atoms with E-state index in [0.29, 0.717) is 26.2 Å². The van der Waals surface area contributed by atoms with E-state index >= 15 is 0 Å². The van der Waals surface area contributed by atoms with Crippen molar-refractivity contribution in [1.82, 2.24) is 0 Å². The lowest BCUT2D eigenvalue weighted by Crippen LogP contribution is -2.37. The van der Waals surface area contributed by atoms with Crippen LogP contribution in [0.5, 0.6) is 0 Å². The van der Waals surface area contributed by atoms with Crippen LogP contribution in [-0.2, 0) is 27.4 Å². The van der Waals surface area contributed by atoms with E-state index in [4.69, 9.17) is 14.2 Å². The predicted molar refractivity (Wildman–Crippen MR) is 110 cm³/mol. The van der Waals surface area contributed by atoms with E-state index in [1.54, 1.807) is 0 Å². The fourth-order valence-electron chi connectivity index (χ4n) is 3.23. The van der Waals surface area contributed by atoms with Gasteiger partial charge in [-0.05, 0) is 30.4 Å². The van der Waals surface area contributed by atoms with Crippen LogP contribution in [0.25, 0.3) is 0 Å². The number of allylic oxidation sites excluding steroid dienone is 1. The van der Waals surface area contributed by atoms with Crippen LogP contribution < -0.4 is 0 Å². The van der Waals surface area contributed by atoms with E-state index in [1.165, 1.54) is 0 Å². The van der Waals surface area contributed by atoms with E-state index in [2.05, 4.69) is 24.3 Å². The van der Waals surface area contributed by atoms with Crippen molar-refractivity contribution in [3.8, 4) is 0 Å². The van der Waals surface area contributed by atoms with Crippen molar-refractivity contribution in [3.63, 3.8) is 0 Å². The summed E-state index contributed by atoms with van der Waals surface area (Å²) in [6, 6.07) is 20.1. The number of aliphatic hydroxyl groups excluding tert-OH is 1. The first-order valence-electron chi connectivity index (χ1n) is 10.0. The van der Waals surface area contributed by atoms with Crippen molar-refractivity contribution in [1.29, 1.82) is 0 Å². The molecule has 1 N–H and O–H groups in total. The average molecular weight is 383 g/mol. The molecular formula is C24H30O4. The summed E-state index contributed by atoms with van der Waals surface area (Å²) >= 11 is 0. The second kappa shape index (κ2) is 11.8. The molecule has 0 fully saturated rings. The third-order valence-electron chi connectivity index (χ3n) is 4.80. The van der Waals surface area contributed by atoms with Crippen LogP contribution in [0.4, 0.5) is 0 Å². The zero-order chi connectivity index (χ0) is 19.4. The fourth-order valence-corrected chi connectivity index (χ4v) is 3.23.